The molecule has 3 heterocycles. The molecule has 1 saturated heterocycles. The van der Waals surface area contributed by atoms with E-state index in [1.165, 1.54) is 11.3 Å². The van der Waals surface area contributed by atoms with E-state index in [0.29, 0.717) is 23.9 Å². The molecule has 3 aromatic rings. The molecule has 4 rings (SSSR count). The Morgan fingerprint density at radius 2 is 2.19 bits per heavy atom. The molecule has 1 aliphatic rings. The van der Waals surface area contributed by atoms with E-state index in [9.17, 15) is 9.59 Å². The summed E-state index contributed by atoms with van der Waals surface area (Å²) in [6, 6.07) is 5.84. The highest BCUT2D eigenvalue weighted by molar-refractivity contribution is 7.22. The lowest BCUT2D eigenvalue weighted by Gasteiger charge is -2.37. The molecule has 0 spiro atoms. The van der Waals surface area contributed by atoms with Crippen LogP contribution in [0.3, 0.4) is 0 Å². The lowest BCUT2D eigenvalue weighted by Crippen LogP contribution is -2.52. The van der Waals surface area contributed by atoms with Crippen molar-refractivity contribution in [2.24, 2.45) is 11.7 Å². The van der Waals surface area contributed by atoms with E-state index in [1.54, 1.807) is 23.8 Å². The summed E-state index contributed by atoms with van der Waals surface area (Å²) in [5.41, 5.74) is 6.57. The van der Waals surface area contributed by atoms with Crippen LogP contribution in [0.15, 0.2) is 23.6 Å². The van der Waals surface area contributed by atoms with Gasteiger partial charge in [-0.1, -0.05) is 17.4 Å². The summed E-state index contributed by atoms with van der Waals surface area (Å²) in [6.07, 6.45) is 0.0741. The smallest absolute Gasteiger partial charge is 0.232 e. The van der Waals surface area contributed by atoms with Gasteiger partial charge >= 0.3 is 0 Å². The molecule has 0 radical (unpaired) electrons. The zero-order chi connectivity index (χ0) is 19.0. The van der Waals surface area contributed by atoms with Crippen molar-refractivity contribution < 1.29 is 14.3 Å². The van der Waals surface area contributed by atoms with Gasteiger partial charge in [0.25, 0.3) is 0 Å². The van der Waals surface area contributed by atoms with E-state index in [-0.39, 0.29) is 18.2 Å². The van der Waals surface area contributed by atoms with Crippen LogP contribution < -0.4 is 20.7 Å². The van der Waals surface area contributed by atoms with Crippen LogP contribution in [-0.4, -0.2) is 42.0 Å². The number of carbonyl (C=O) groups excluding carboxylic acids is 2. The molecule has 1 aromatic carbocycles. The van der Waals surface area contributed by atoms with E-state index in [0.717, 1.165) is 21.1 Å². The van der Waals surface area contributed by atoms with E-state index < -0.39 is 5.91 Å². The molecular formula is C17H17N5O3S2. The molecule has 0 saturated carbocycles. The average Bonchev–Trinajstić information content (AvgIpc) is 3.19. The Morgan fingerprint density at radius 1 is 1.37 bits per heavy atom. The fourth-order valence-corrected chi connectivity index (χ4v) is 4.56. The average molecular weight is 403 g/mol. The van der Waals surface area contributed by atoms with Crippen LogP contribution in [-0.2, 0) is 16.0 Å². The van der Waals surface area contributed by atoms with Gasteiger partial charge in [0.1, 0.15) is 11.3 Å². The summed E-state index contributed by atoms with van der Waals surface area (Å²) in [7, 11) is 1.63. The van der Waals surface area contributed by atoms with Gasteiger partial charge in [-0.25, -0.2) is 9.97 Å². The Morgan fingerprint density at radius 3 is 2.93 bits per heavy atom. The first-order valence-corrected chi connectivity index (χ1v) is 9.95. The van der Waals surface area contributed by atoms with Crippen molar-refractivity contribution in [2.75, 3.05) is 30.4 Å². The largest absolute Gasteiger partial charge is 0.494 e. The molecule has 27 heavy (non-hydrogen) atoms. The number of thiazole rings is 2. The summed E-state index contributed by atoms with van der Waals surface area (Å²) in [5.74, 6) is 0.105. The van der Waals surface area contributed by atoms with E-state index in [2.05, 4.69) is 20.2 Å². The Balaban J connectivity index is 1.37. The number of hydrogen-bond donors (Lipinski definition) is 2. The van der Waals surface area contributed by atoms with Gasteiger partial charge in [0.15, 0.2) is 10.3 Å². The minimum atomic E-state index is -0.444. The fraction of sp³-hybridized carbons (Fsp3) is 0.294. The zero-order valence-electron chi connectivity index (χ0n) is 14.5. The molecule has 140 valence electrons. The van der Waals surface area contributed by atoms with Gasteiger partial charge in [0, 0.05) is 18.5 Å². The maximum Gasteiger partial charge on any atom is 0.232 e. The molecule has 0 bridgehead atoms. The number of aromatic nitrogens is 2. The number of methoxy groups -OCH3 is 1. The number of benzene rings is 1. The highest BCUT2D eigenvalue weighted by Crippen LogP contribution is 2.36. The molecule has 2 aromatic heterocycles. The quantitative estimate of drug-likeness (QED) is 0.650. The van der Waals surface area contributed by atoms with Crippen LogP contribution in [0.1, 0.15) is 5.69 Å². The molecular weight excluding hydrogens is 386 g/mol. The Bertz CT molecular complexity index is 1010. The molecule has 0 atom stereocenters. The van der Waals surface area contributed by atoms with Gasteiger partial charge in [-0.05, 0) is 12.1 Å². The third kappa shape index (κ3) is 3.58. The Kier molecular flexibility index (Phi) is 4.66. The molecule has 0 aliphatic carbocycles. The van der Waals surface area contributed by atoms with Gasteiger partial charge in [-0.3, -0.25) is 9.59 Å². The van der Waals surface area contributed by atoms with Crippen molar-refractivity contribution >= 4 is 55.0 Å². The third-order valence-electron chi connectivity index (χ3n) is 4.25. The summed E-state index contributed by atoms with van der Waals surface area (Å²) >= 11 is 2.87. The molecule has 3 N–H and O–H groups in total. The first kappa shape index (κ1) is 17.7. The van der Waals surface area contributed by atoms with E-state index in [4.69, 9.17) is 10.5 Å². The maximum absolute atomic E-state index is 12.4. The van der Waals surface area contributed by atoms with Crippen molar-refractivity contribution in [1.29, 1.82) is 0 Å². The third-order valence-corrected chi connectivity index (χ3v) is 6.14. The number of hydrogen-bond acceptors (Lipinski definition) is 8. The number of nitrogens with one attached hydrogen (secondary N) is 1. The lowest BCUT2D eigenvalue weighted by atomic mass is 10.0. The highest BCUT2D eigenvalue weighted by Gasteiger charge is 2.35. The number of nitrogens with zero attached hydrogens (tertiary/aromatic N) is 3. The number of rotatable bonds is 6. The van der Waals surface area contributed by atoms with Crippen molar-refractivity contribution in [3.63, 3.8) is 0 Å². The predicted octanol–water partition coefficient (Wildman–Crippen LogP) is 1.86. The number of nitrogens with two attached hydrogens (primary N) is 1. The second-order valence-electron chi connectivity index (χ2n) is 6.18. The molecule has 8 nitrogen and oxygen atoms in total. The second-order valence-corrected chi connectivity index (χ2v) is 8.05. The number of para-hydroxylation sites is 1. The summed E-state index contributed by atoms with van der Waals surface area (Å²) in [6.45, 7) is 1.21. The SMILES string of the molecule is COc1cccc2sc(N3CC(C(=O)Nc4nc(CC(N)=O)cs4)C3)nc12. The number of primary amides is 1. The minimum absolute atomic E-state index is 0.0741. The summed E-state index contributed by atoms with van der Waals surface area (Å²) in [4.78, 5) is 34.2. The van der Waals surface area contributed by atoms with Crippen LogP contribution in [0.2, 0.25) is 0 Å². The molecule has 10 heteroatoms. The number of amides is 2. The second kappa shape index (κ2) is 7.12. The van der Waals surface area contributed by atoms with Gasteiger partial charge < -0.3 is 20.7 Å². The zero-order valence-corrected chi connectivity index (χ0v) is 16.1. The van der Waals surface area contributed by atoms with Gasteiger partial charge in [-0.15, -0.1) is 11.3 Å². The molecule has 0 unspecified atom stereocenters. The van der Waals surface area contributed by atoms with Crippen molar-refractivity contribution in [3.8, 4) is 5.75 Å². The van der Waals surface area contributed by atoms with Crippen LogP contribution >= 0.6 is 22.7 Å². The summed E-state index contributed by atoms with van der Waals surface area (Å²) < 4.78 is 6.41. The first-order chi connectivity index (χ1) is 13.0. The normalized spacial score (nSPS) is 14.2. The number of ether oxygens (including phenoxy) is 1. The van der Waals surface area contributed by atoms with Gasteiger partial charge in [0.2, 0.25) is 11.8 Å². The minimum Gasteiger partial charge on any atom is -0.494 e. The van der Waals surface area contributed by atoms with Crippen molar-refractivity contribution in [2.45, 2.75) is 6.42 Å². The van der Waals surface area contributed by atoms with Crippen LogP contribution in [0.4, 0.5) is 10.3 Å². The van der Waals surface area contributed by atoms with E-state index >= 15 is 0 Å². The topological polar surface area (TPSA) is 110 Å². The molecule has 2 amide bonds. The number of anilines is 2. The van der Waals surface area contributed by atoms with Crippen LogP contribution in [0, 0.1) is 5.92 Å². The van der Waals surface area contributed by atoms with Gasteiger partial charge in [0.05, 0.1) is 29.8 Å². The number of carbonyl (C=O) groups is 2. The molecule has 1 fully saturated rings. The Hall–Kier alpha value is -2.72. The first-order valence-electron chi connectivity index (χ1n) is 8.25. The molecule has 1 aliphatic heterocycles. The number of fused-ring (bicyclic) bond motifs is 1. The predicted molar refractivity (Wildman–Crippen MR) is 106 cm³/mol. The van der Waals surface area contributed by atoms with Crippen molar-refractivity contribution in [1.82, 2.24) is 9.97 Å². The van der Waals surface area contributed by atoms with Crippen molar-refractivity contribution in [3.05, 3.63) is 29.3 Å². The van der Waals surface area contributed by atoms with E-state index in [1.807, 2.05) is 18.2 Å². The highest BCUT2D eigenvalue weighted by atomic mass is 32.1. The Labute approximate surface area is 163 Å². The van der Waals surface area contributed by atoms with Gasteiger partial charge in [-0.2, -0.15) is 0 Å². The van der Waals surface area contributed by atoms with Crippen LogP contribution in [0.5, 0.6) is 5.75 Å². The van der Waals surface area contributed by atoms with Crippen LogP contribution in [0.25, 0.3) is 10.2 Å². The lowest BCUT2D eigenvalue weighted by molar-refractivity contribution is -0.120. The monoisotopic (exact) mass is 403 g/mol. The standard InChI is InChI=1S/C17H17N5O3S2/c1-25-11-3-2-4-12-14(11)20-17(27-12)22-6-9(7-22)15(24)21-16-19-10(8-26-16)5-13(18)23/h2-4,8-9H,5-7H2,1H3,(H2,18,23)(H,19,21,24). The maximum atomic E-state index is 12.4. The summed E-state index contributed by atoms with van der Waals surface area (Å²) in [5, 5.41) is 5.90. The fourth-order valence-electron chi connectivity index (χ4n) is 2.84.